The topological polar surface area (TPSA) is 74.7 Å². The van der Waals surface area contributed by atoms with E-state index in [0.717, 1.165) is 12.5 Å². The molecule has 3 aliphatic rings. The van der Waals surface area contributed by atoms with Crippen molar-refractivity contribution in [3.63, 3.8) is 0 Å². The third kappa shape index (κ3) is 2.04. The standard InChI is InChI=1S/C18H15NO4/c20-14(21)7-4-10-2-1-3-13(8-10)19-17(22)15-11-5-6-12(9-11)16(15)18(19)23/h1-8,11-12,15-16H,9H2,(H,20,21)/b7-4+/t11-,12-,15+,16+/m1/s1. The van der Waals surface area contributed by atoms with E-state index < -0.39 is 5.97 Å². The molecule has 5 heteroatoms. The number of aliphatic carboxylic acids is 1. The minimum atomic E-state index is -1.04. The molecule has 1 saturated carbocycles. The van der Waals surface area contributed by atoms with Crippen molar-refractivity contribution in [2.24, 2.45) is 23.7 Å². The van der Waals surface area contributed by atoms with Crippen LogP contribution in [0, 0.1) is 23.7 Å². The molecule has 5 nitrogen and oxygen atoms in total. The summed E-state index contributed by atoms with van der Waals surface area (Å²) >= 11 is 0. The van der Waals surface area contributed by atoms with Gasteiger partial charge < -0.3 is 5.11 Å². The van der Waals surface area contributed by atoms with E-state index in [0.29, 0.717) is 11.3 Å². The van der Waals surface area contributed by atoms with Gasteiger partial charge in [0.2, 0.25) is 11.8 Å². The highest BCUT2D eigenvalue weighted by molar-refractivity contribution is 6.22. The van der Waals surface area contributed by atoms with Gasteiger partial charge in [-0.25, -0.2) is 9.69 Å². The molecule has 2 fully saturated rings. The van der Waals surface area contributed by atoms with Crippen LogP contribution in [0.4, 0.5) is 5.69 Å². The van der Waals surface area contributed by atoms with Crippen molar-refractivity contribution in [2.75, 3.05) is 4.90 Å². The zero-order valence-corrected chi connectivity index (χ0v) is 12.3. The molecule has 23 heavy (non-hydrogen) atoms. The molecule has 2 amide bonds. The van der Waals surface area contributed by atoms with E-state index in [-0.39, 0.29) is 35.5 Å². The molecule has 1 aromatic rings. The van der Waals surface area contributed by atoms with Crippen LogP contribution in [0.2, 0.25) is 0 Å². The van der Waals surface area contributed by atoms with Crippen molar-refractivity contribution < 1.29 is 19.5 Å². The third-order valence-corrected chi connectivity index (χ3v) is 5.02. The average molecular weight is 309 g/mol. The van der Waals surface area contributed by atoms with Gasteiger partial charge in [-0.1, -0.05) is 24.3 Å². The number of amides is 2. The molecule has 116 valence electrons. The Kier molecular flexibility index (Phi) is 2.98. The monoisotopic (exact) mass is 309 g/mol. The van der Waals surface area contributed by atoms with Crippen LogP contribution in [-0.4, -0.2) is 22.9 Å². The predicted octanol–water partition coefficient (Wildman–Crippen LogP) is 2.10. The summed E-state index contributed by atoms with van der Waals surface area (Å²) in [5, 5.41) is 8.70. The van der Waals surface area contributed by atoms with E-state index >= 15 is 0 Å². The Balaban J connectivity index is 1.67. The zero-order chi connectivity index (χ0) is 16.1. The van der Waals surface area contributed by atoms with E-state index in [4.69, 9.17) is 5.11 Å². The molecule has 0 radical (unpaired) electrons. The van der Waals surface area contributed by atoms with E-state index in [2.05, 4.69) is 12.2 Å². The molecule has 0 aromatic heterocycles. The number of nitrogens with zero attached hydrogens (tertiary/aromatic N) is 1. The molecule has 1 aromatic carbocycles. The Morgan fingerprint density at radius 2 is 1.78 bits per heavy atom. The van der Waals surface area contributed by atoms with Crippen LogP contribution >= 0.6 is 0 Å². The first-order valence-corrected chi connectivity index (χ1v) is 7.63. The number of fused-ring (bicyclic) bond motifs is 5. The molecule has 1 saturated heterocycles. The fourth-order valence-electron chi connectivity index (χ4n) is 4.09. The van der Waals surface area contributed by atoms with E-state index in [1.165, 1.54) is 11.0 Å². The van der Waals surface area contributed by atoms with Crippen molar-refractivity contribution in [3.05, 3.63) is 48.1 Å². The molecule has 1 aliphatic heterocycles. The summed E-state index contributed by atoms with van der Waals surface area (Å²) < 4.78 is 0. The molecule has 0 unspecified atom stereocenters. The number of hydrogen-bond donors (Lipinski definition) is 1. The number of allylic oxidation sites excluding steroid dienone is 2. The fourth-order valence-corrected chi connectivity index (χ4v) is 4.09. The first-order chi connectivity index (χ1) is 11.1. The second kappa shape index (κ2) is 4.91. The van der Waals surface area contributed by atoms with Gasteiger partial charge in [-0.05, 0) is 42.0 Å². The number of rotatable bonds is 3. The van der Waals surface area contributed by atoms with Crippen molar-refractivity contribution in [1.29, 1.82) is 0 Å². The summed E-state index contributed by atoms with van der Waals surface area (Å²) in [5.41, 5.74) is 1.16. The minimum Gasteiger partial charge on any atom is -0.478 e. The molecular formula is C18H15NO4. The number of imide groups is 1. The Labute approximate surface area is 132 Å². The summed E-state index contributed by atoms with van der Waals surface area (Å²) in [6.07, 6.45) is 7.51. The van der Waals surface area contributed by atoms with Gasteiger partial charge in [0, 0.05) is 6.08 Å². The number of carbonyl (C=O) groups is 3. The number of hydrogen-bond acceptors (Lipinski definition) is 3. The maximum Gasteiger partial charge on any atom is 0.328 e. The smallest absolute Gasteiger partial charge is 0.328 e. The maximum absolute atomic E-state index is 12.7. The molecule has 4 atom stereocenters. The normalized spacial score (nSPS) is 31.4. The number of carboxylic acids is 1. The Morgan fingerprint density at radius 3 is 2.39 bits per heavy atom. The van der Waals surface area contributed by atoms with Crippen molar-refractivity contribution in [3.8, 4) is 0 Å². The van der Waals surface area contributed by atoms with Crippen LogP contribution in [0.1, 0.15) is 12.0 Å². The van der Waals surface area contributed by atoms with Crippen LogP contribution in [0.25, 0.3) is 6.08 Å². The number of carbonyl (C=O) groups excluding carboxylic acids is 2. The highest BCUT2D eigenvalue weighted by Crippen LogP contribution is 2.53. The SMILES string of the molecule is O=C(O)/C=C/c1cccc(N2C(=O)[C@@H]3[C@@H](C2=O)[C@@H]2C=C[C@@H]3C2)c1. The van der Waals surface area contributed by atoms with Crippen LogP contribution < -0.4 is 4.90 Å². The molecule has 1 heterocycles. The van der Waals surface area contributed by atoms with Crippen molar-refractivity contribution in [2.45, 2.75) is 6.42 Å². The quantitative estimate of drug-likeness (QED) is 0.527. The molecule has 2 aliphatic carbocycles. The van der Waals surface area contributed by atoms with Gasteiger partial charge in [0.15, 0.2) is 0 Å². The molecule has 0 spiro atoms. The van der Waals surface area contributed by atoms with Crippen molar-refractivity contribution in [1.82, 2.24) is 0 Å². The second-order valence-corrected chi connectivity index (χ2v) is 6.28. The van der Waals surface area contributed by atoms with Gasteiger partial charge in [0.25, 0.3) is 0 Å². The molecule has 4 rings (SSSR count). The number of anilines is 1. The van der Waals surface area contributed by atoms with Crippen LogP contribution in [0.5, 0.6) is 0 Å². The Bertz CT molecular complexity index is 749. The molecular weight excluding hydrogens is 294 g/mol. The largest absolute Gasteiger partial charge is 0.478 e. The lowest BCUT2D eigenvalue weighted by Crippen LogP contribution is -2.32. The summed E-state index contributed by atoms with van der Waals surface area (Å²) in [6, 6.07) is 6.84. The lowest BCUT2D eigenvalue weighted by atomic mass is 9.85. The molecule has 2 bridgehead atoms. The first-order valence-electron chi connectivity index (χ1n) is 7.63. The number of benzene rings is 1. The molecule has 1 N–H and O–H groups in total. The lowest BCUT2D eigenvalue weighted by molar-refractivity contribution is -0.131. The fraction of sp³-hybridized carbons (Fsp3) is 0.278. The van der Waals surface area contributed by atoms with Gasteiger partial charge >= 0.3 is 5.97 Å². The third-order valence-electron chi connectivity index (χ3n) is 5.02. The number of carboxylic acid groups (broad SMARTS) is 1. The summed E-state index contributed by atoms with van der Waals surface area (Å²) in [4.78, 5) is 37.3. The van der Waals surface area contributed by atoms with Crippen LogP contribution in [0.15, 0.2) is 42.5 Å². The van der Waals surface area contributed by atoms with E-state index in [9.17, 15) is 14.4 Å². The zero-order valence-electron chi connectivity index (χ0n) is 12.3. The van der Waals surface area contributed by atoms with Gasteiger partial charge in [-0.3, -0.25) is 9.59 Å². The predicted molar refractivity (Wildman–Crippen MR) is 83.3 cm³/mol. The average Bonchev–Trinajstić information content (AvgIpc) is 3.20. The van der Waals surface area contributed by atoms with Gasteiger partial charge in [-0.15, -0.1) is 0 Å². The van der Waals surface area contributed by atoms with Crippen LogP contribution in [-0.2, 0) is 14.4 Å². The maximum atomic E-state index is 12.7. The summed E-state index contributed by atoms with van der Waals surface area (Å²) in [7, 11) is 0. The highest BCUT2D eigenvalue weighted by Gasteiger charge is 2.59. The summed E-state index contributed by atoms with van der Waals surface area (Å²) in [6.45, 7) is 0. The lowest BCUT2D eigenvalue weighted by Gasteiger charge is -2.17. The van der Waals surface area contributed by atoms with Gasteiger partial charge in [0.05, 0.1) is 17.5 Å². The second-order valence-electron chi connectivity index (χ2n) is 6.28. The Hall–Kier alpha value is -2.69. The Morgan fingerprint density at radius 1 is 1.13 bits per heavy atom. The van der Waals surface area contributed by atoms with Crippen molar-refractivity contribution >= 4 is 29.5 Å². The van der Waals surface area contributed by atoms with Gasteiger partial charge in [0.1, 0.15) is 0 Å². The summed E-state index contributed by atoms with van der Waals surface area (Å²) in [5.74, 6) is -1.39. The minimum absolute atomic E-state index is 0.129. The van der Waals surface area contributed by atoms with Crippen LogP contribution in [0.3, 0.4) is 0 Å². The van der Waals surface area contributed by atoms with Gasteiger partial charge in [-0.2, -0.15) is 0 Å². The highest BCUT2D eigenvalue weighted by atomic mass is 16.4. The van der Waals surface area contributed by atoms with E-state index in [1.807, 2.05) is 0 Å². The first kappa shape index (κ1) is 13.9. The van der Waals surface area contributed by atoms with E-state index in [1.54, 1.807) is 24.3 Å².